The first-order chi connectivity index (χ1) is 15.4. The van der Waals surface area contributed by atoms with E-state index in [0.717, 1.165) is 0 Å². The zero-order valence-corrected chi connectivity index (χ0v) is 17.3. The van der Waals surface area contributed by atoms with Crippen LogP contribution in [0.15, 0.2) is 70.7 Å². The van der Waals surface area contributed by atoms with Gasteiger partial charge in [-0.1, -0.05) is 12.1 Å². The molecule has 0 atom stereocenters. The van der Waals surface area contributed by atoms with Crippen molar-refractivity contribution in [3.8, 4) is 11.5 Å². The van der Waals surface area contributed by atoms with Crippen molar-refractivity contribution in [3.05, 3.63) is 91.8 Å². The van der Waals surface area contributed by atoms with E-state index in [1.165, 1.54) is 48.8 Å². The summed E-state index contributed by atoms with van der Waals surface area (Å²) in [6, 6.07) is 13.7. The molecule has 0 fully saturated rings. The quantitative estimate of drug-likeness (QED) is 0.181. The van der Waals surface area contributed by atoms with E-state index in [2.05, 4.69) is 4.99 Å². The van der Waals surface area contributed by atoms with Crippen LogP contribution in [0.1, 0.15) is 20.8 Å². The van der Waals surface area contributed by atoms with Crippen LogP contribution in [-0.2, 0) is 9.53 Å². The molecule has 1 aliphatic rings. The van der Waals surface area contributed by atoms with Crippen LogP contribution in [0.3, 0.4) is 0 Å². The number of hydrogen-bond acceptors (Lipinski definition) is 9. The van der Waals surface area contributed by atoms with E-state index in [-0.39, 0.29) is 23.0 Å². The van der Waals surface area contributed by atoms with E-state index in [9.17, 15) is 19.7 Å². The topological polar surface area (TPSA) is 117 Å². The number of esters is 2. The molecule has 0 saturated heterocycles. The van der Waals surface area contributed by atoms with Gasteiger partial charge in [0, 0.05) is 17.7 Å². The van der Waals surface area contributed by atoms with Crippen molar-refractivity contribution in [2.24, 2.45) is 4.99 Å². The molecule has 10 heteroatoms. The smallest absolute Gasteiger partial charge is 0.363 e. The fourth-order valence-corrected chi connectivity index (χ4v) is 3.42. The largest absolute Gasteiger partial charge is 0.493 e. The molecule has 0 unspecified atom stereocenters. The summed E-state index contributed by atoms with van der Waals surface area (Å²) in [6.45, 7) is 0. The number of ether oxygens (including phenoxy) is 3. The Morgan fingerprint density at radius 3 is 2.59 bits per heavy atom. The zero-order valence-electron chi connectivity index (χ0n) is 16.5. The molecule has 1 aromatic heterocycles. The van der Waals surface area contributed by atoms with Gasteiger partial charge in [0.05, 0.1) is 12.0 Å². The maximum Gasteiger partial charge on any atom is 0.363 e. The zero-order chi connectivity index (χ0) is 22.7. The van der Waals surface area contributed by atoms with Crippen LogP contribution < -0.4 is 9.47 Å². The summed E-state index contributed by atoms with van der Waals surface area (Å²) in [5.41, 5.74) is 0.962. The molecule has 2 heterocycles. The van der Waals surface area contributed by atoms with Crippen molar-refractivity contribution in [1.82, 2.24) is 0 Å². The SMILES string of the molecule is COc1cc(/C=C2/N=C(c3ccc([N+](=O)[O-])cc3)OC2=O)ccc1OC(=O)c1cccs1. The molecule has 0 aliphatic carbocycles. The second-order valence-corrected chi connectivity index (χ2v) is 7.36. The van der Waals surface area contributed by atoms with Crippen molar-refractivity contribution >= 4 is 40.9 Å². The van der Waals surface area contributed by atoms with Gasteiger partial charge in [0.2, 0.25) is 5.90 Å². The van der Waals surface area contributed by atoms with Gasteiger partial charge < -0.3 is 14.2 Å². The molecule has 0 bridgehead atoms. The van der Waals surface area contributed by atoms with Crippen molar-refractivity contribution in [2.75, 3.05) is 7.11 Å². The van der Waals surface area contributed by atoms with Crippen molar-refractivity contribution < 1.29 is 28.7 Å². The van der Waals surface area contributed by atoms with E-state index in [4.69, 9.17) is 14.2 Å². The molecular weight excluding hydrogens is 436 g/mol. The van der Waals surface area contributed by atoms with Gasteiger partial charge in [-0.25, -0.2) is 14.6 Å². The summed E-state index contributed by atoms with van der Waals surface area (Å²) in [5, 5.41) is 12.6. The summed E-state index contributed by atoms with van der Waals surface area (Å²) < 4.78 is 15.9. The highest BCUT2D eigenvalue weighted by atomic mass is 32.1. The van der Waals surface area contributed by atoms with Gasteiger partial charge in [-0.05, 0) is 47.4 Å². The van der Waals surface area contributed by atoms with Crippen LogP contribution in [0, 0.1) is 10.1 Å². The Kier molecular flexibility index (Phi) is 5.77. The lowest BCUT2D eigenvalue weighted by Gasteiger charge is -2.09. The third kappa shape index (κ3) is 4.40. The van der Waals surface area contributed by atoms with Gasteiger partial charge in [-0.2, -0.15) is 0 Å². The number of aliphatic imine (C=N–C) groups is 1. The molecule has 3 aromatic rings. The Morgan fingerprint density at radius 2 is 1.94 bits per heavy atom. The van der Waals surface area contributed by atoms with Gasteiger partial charge in [-0.3, -0.25) is 10.1 Å². The second-order valence-electron chi connectivity index (χ2n) is 6.42. The minimum Gasteiger partial charge on any atom is -0.493 e. The predicted molar refractivity (Wildman–Crippen MR) is 116 cm³/mol. The van der Waals surface area contributed by atoms with Crippen LogP contribution in [0.25, 0.3) is 6.08 Å². The van der Waals surface area contributed by atoms with Crippen LogP contribution in [0.5, 0.6) is 11.5 Å². The number of benzene rings is 2. The number of hydrogen-bond donors (Lipinski definition) is 0. The first kappa shape index (κ1) is 20.9. The number of carbonyl (C=O) groups excluding carboxylic acids is 2. The lowest BCUT2D eigenvalue weighted by atomic mass is 10.1. The number of methoxy groups -OCH3 is 1. The summed E-state index contributed by atoms with van der Waals surface area (Å²) in [6.07, 6.45) is 1.49. The maximum atomic E-state index is 12.2. The number of carbonyl (C=O) groups is 2. The summed E-state index contributed by atoms with van der Waals surface area (Å²) in [7, 11) is 1.43. The van der Waals surface area contributed by atoms with E-state index < -0.39 is 16.9 Å². The number of rotatable bonds is 6. The van der Waals surface area contributed by atoms with Crippen LogP contribution >= 0.6 is 11.3 Å². The van der Waals surface area contributed by atoms with Gasteiger partial charge in [0.25, 0.3) is 5.69 Å². The molecule has 0 N–H and O–H groups in total. The molecule has 2 aromatic carbocycles. The van der Waals surface area contributed by atoms with Gasteiger partial charge in [0.15, 0.2) is 17.2 Å². The predicted octanol–water partition coefficient (Wildman–Crippen LogP) is 4.23. The highest BCUT2D eigenvalue weighted by Crippen LogP contribution is 2.31. The number of nitro benzene ring substituents is 1. The fourth-order valence-electron chi connectivity index (χ4n) is 2.82. The van der Waals surface area contributed by atoms with Crippen LogP contribution in [-0.4, -0.2) is 29.9 Å². The molecule has 0 saturated carbocycles. The van der Waals surface area contributed by atoms with Gasteiger partial charge >= 0.3 is 11.9 Å². The van der Waals surface area contributed by atoms with Crippen molar-refractivity contribution in [3.63, 3.8) is 0 Å². The third-order valence-electron chi connectivity index (χ3n) is 4.36. The van der Waals surface area contributed by atoms with E-state index in [1.54, 1.807) is 35.7 Å². The Labute approximate surface area is 185 Å². The molecule has 0 amide bonds. The standard InChI is InChI=1S/C22H14N2O7S/c1-29-18-12-13(4-9-17(18)30-22(26)19-3-2-10-32-19)11-16-21(25)31-20(23-16)14-5-7-15(8-6-14)24(27)28/h2-12H,1H3/b16-11+. The second kappa shape index (κ2) is 8.82. The average molecular weight is 450 g/mol. The van der Waals surface area contributed by atoms with Crippen molar-refractivity contribution in [1.29, 1.82) is 0 Å². The van der Waals surface area contributed by atoms with Crippen LogP contribution in [0.4, 0.5) is 5.69 Å². The number of non-ortho nitro benzene ring substituents is 1. The number of cyclic esters (lactones) is 1. The summed E-state index contributed by atoms with van der Waals surface area (Å²) in [5.74, 6) is -0.580. The normalized spacial score (nSPS) is 14.1. The van der Waals surface area contributed by atoms with E-state index in [0.29, 0.717) is 21.8 Å². The third-order valence-corrected chi connectivity index (χ3v) is 5.21. The molecule has 0 radical (unpaired) electrons. The molecule has 0 spiro atoms. The molecule has 4 rings (SSSR count). The Balaban J connectivity index is 1.56. The summed E-state index contributed by atoms with van der Waals surface area (Å²) >= 11 is 1.26. The van der Waals surface area contributed by atoms with Crippen LogP contribution in [0.2, 0.25) is 0 Å². The molecule has 160 valence electrons. The molecule has 1 aliphatic heterocycles. The van der Waals surface area contributed by atoms with Gasteiger partial charge in [0.1, 0.15) is 4.88 Å². The summed E-state index contributed by atoms with van der Waals surface area (Å²) in [4.78, 5) is 39.3. The van der Waals surface area contributed by atoms with Crippen molar-refractivity contribution in [2.45, 2.75) is 0 Å². The Bertz CT molecular complexity index is 1260. The number of thiophene rings is 1. The lowest BCUT2D eigenvalue weighted by Crippen LogP contribution is -2.07. The molecular formula is C22H14N2O7S. The monoisotopic (exact) mass is 450 g/mol. The highest BCUT2D eigenvalue weighted by molar-refractivity contribution is 7.12. The Morgan fingerprint density at radius 1 is 1.16 bits per heavy atom. The Hall–Kier alpha value is -4.31. The average Bonchev–Trinajstić information content (AvgIpc) is 3.45. The number of nitro groups is 1. The fraction of sp³-hybridized carbons (Fsp3) is 0.0455. The minimum atomic E-state index is -0.662. The molecule has 9 nitrogen and oxygen atoms in total. The maximum absolute atomic E-state index is 12.2. The van der Waals surface area contributed by atoms with E-state index >= 15 is 0 Å². The molecule has 32 heavy (non-hydrogen) atoms. The van der Waals surface area contributed by atoms with E-state index in [1.807, 2.05) is 0 Å². The highest BCUT2D eigenvalue weighted by Gasteiger charge is 2.25. The first-order valence-electron chi connectivity index (χ1n) is 9.16. The lowest BCUT2D eigenvalue weighted by molar-refractivity contribution is -0.384. The first-order valence-corrected chi connectivity index (χ1v) is 10.0. The number of nitrogens with zero attached hydrogens (tertiary/aromatic N) is 2. The van der Waals surface area contributed by atoms with Gasteiger partial charge in [-0.15, -0.1) is 11.3 Å². The minimum absolute atomic E-state index is 0.0451.